The summed E-state index contributed by atoms with van der Waals surface area (Å²) in [6.45, 7) is 3.47. The molecule has 0 saturated heterocycles. The number of halogens is 3. The van der Waals surface area contributed by atoms with Crippen LogP contribution in [-0.2, 0) is 6.18 Å². The minimum Gasteiger partial charge on any atom is -0.288 e. The number of alkyl halides is 3. The van der Waals surface area contributed by atoms with Crippen LogP contribution in [0.3, 0.4) is 0 Å². The molecule has 0 atom stereocenters. The number of benzene rings is 1. The summed E-state index contributed by atoms with van der Waals surface area (Å²) in [4.78, 5) is 11.8. The second kappa shape index (κ2) is 4.74. The van der Waals surface area contributed by atoms with Gasteiger partial charge in [0.05, 0.1) is 5.56 Å². The van der Waals surface area contributed by atoms with Gasteiger partial charge in [-0.2, -0.15) is 13.2 Å². The van der Waals surface area contributed by atoms with E-state index in [-0.39, 0.29) is 10.5 Å². The molecule has 0 saturated carbocycles. The molecular formula is C11H9F3OS. The highest BCUT2D eigenvalue weighted by Crippen LogP contribution is 2.30. The van der Waals surface area contributed by atoms with Crippen molar-refractivity contribution in [3.8, 4) is 0 Å². The minimum absolute atomic E-state index is 0.00850. The largest absolute Gasteiger partial charge is 0.416 e. The molecule has 16 heavy (non-hydrogen) atoms. The van der Waals surface area contributed by atoms with Crippen molar-refractivity contribution in [2.45, 2.75) is 6.18 Å². The maximum Gasteiger partial charge on any atom is 0.416 e. The summed E-state index contributed by atoms with van der Waals surface area (Å²) >= 11 is 1.12. The molecule has 0 aliphatic carbocycles. The Morgan fingerprint density at radius 3 is 2.50 bits per heavy atom. The number of Topliss-reactive ketones (excluding diaryl/α,β-unsaturated/α-hetero) is 1. The number of thioether (sulfide) groups is 1. The lowest BCUT2D eigenvalue weighted by Gasteiger charge is -2.08. The van der Waals surface area contributed by atoms with E-state index in [1.165, 1.54) is 12.1 Å². The highest BCUT2D eigenvalue weighted by molar-refractivity contribution is 8.03. The Bertz CT molecular complexity index is 423. The molecule has 0 N–H and O–H groups in total. The van der Waals surface area contributed by atoms with E-state index >= 15 is 0 Å². The molecule has 0 unspecified atom stereocenters. The van der Waals surface area contributed by atoms with Gasteiger partial charge in [-0.15, -0.1) is 11.8 Å². The van der Waals surface area contributed by atoms with E-state index in [0.717, 1.165) is 23.9 Å². The SMILES string of the molecule is C=C(SC)C(=O)c1cccc(C(F)(F)F)c1. The predicted molar refractivity (Wildman–Crippen MR) is 58.4 cm³/mol. The van der Waals surface area contributed by atoms with Crippen LogP contribution >= 0.6 is 11.8 Å². The van der Waals surface area contributed by atoms with Gasteiger partial charge in [0, 0.05) is 10.5 Å². The Labute approximate surface area is 95.3 Å². The molecule has 0 aliphatic heterocycles. The normalized spacial score (nSPS) is 11.2. The number of ketones is 1. The number of rotatable bonds is 3. The summed E-state index contributed by atoms with van der Waals surface area (Å²) in [6.07, 6.45) is -2.79. The van der Waals surface area contributed by atoms with Crippen molar-refractivity contribution in [2.75, 3.05) is 6.26 Å². The molecule has 0 radical (unpaired) electrons. The van der Waals surface area contributed by atoms with Crippen molar-refractivity contribution in [3.05, 3.63) is 46.9 Å². The van der Waals surface area contributed by atoms with Gasteiger partial charge < -0.3 is 0 Å². The molecule has 0 fully saturated rings. The van der Waals surface area contributed by atoms with Gasteiger partial charge >= 0.3 is 6.18 Å². The Hall–Kier alpha value is -1.23. The molecular weight excluding hydrogens is 237 g/mol. The zero-order chi connectivity index (χ0) is 12.3. The molecule has 0 aromatic heterocycles. The summed E-state index contributed by atoms with van der Waals surface area (Å²) in [5.41, 5.74) is -0.818. The maximum absolute atomic E-state index is 12.4. The quantitative estimate of drug-likeness (QED) is 0.596. The Kier molecular flexibility index (Phi) is 3.80. The average Bonchev–Trinajstić information content (AvgIpc) is 2.26. The van der Waals surface area contributed by atoms with Crippen LogP contribution in [0.15, 0.2) is 35.7 Å². The third-order valence-electron chi connectivity index (χ3n) is 1.95. The second-order valence-corrected chi connectivity index (χ2v) is 3.94. The molecule has 86 valence electrons. The molecule has 0 bridgehead atoms. The van der Waals surface area contributed by atoms with Gasteiger partial charge in [0.25, 0.3) is 0 Å². The van der Waals surface area contributed by atoms with Gasteiger partial charge in [0.2, 0.25) is 0 Å². The molecule has 0 amide bonds. The molecule has 1 rings (SSSR count). The number of allylic oxidation sites excluding steroid dienone is 1. The highest BCUT2D eigenvalue weighted by atomic mass is 32.2. The molecule has 1 aromatic rings. The molecule has 1 aromatic carbocycles. The topological polar surface area (TPSA) is 17.1 Å². The lowest BCUT2D eigenvalue weighted by Crippen LogP contribution is -2.07. The van der Waals surface area contributed by atoms with Gasteiger partial charge in [-0.3, -0.25) is 4.79 Å². The first-order chi connectivity index (χ1) is 7.36. The van der Waals surface area contributed by atoms with Crippen LogP contribution in [-0.4, -0.2) is 12.0 Å². The molecule has 0 aliphatic rings. The summed E-state index contributed by atoms with van der Waals surface area (Å²) in [6, 6.07) is 4.32. The number of carbonyl (C=O) groups excluding carboxylic acids is 1. The second-order valence-electron chi connectivity index (χ2n) is 3.03. The molecule has 0 spiro atoms. The summed E-state index contributed by atoms with van der Waals surface area (Å²) < 4.78 is 37.1. The van der Waals surface area contributed by atoms with Gasteiger partial charge in [-0.05, 0) is 18.4 Å². The van der Waals surface area contributed by atoms with Crippen molar-refractivity contribution in [3.63, 3.8) is 0 Å². The first kappa shape index (κ1) is 12.8. The third kappa shape index (κ3) is 2.88. The fourth-order valence-electron chi connectivity index (χ4n) is 1.09. The van der Waals surface area contributed by atoms with Crippen molar-refractivity contribution >= 4 is 17.5 Å². The van der Waals surface area contributed by atoms with Crippen LogP contribution in [0.4, 0.5) is 13.2 Å². The van der Waals surface area contributed by atoms with Crippen molar-refractivity contribution in [2.24, 2.45) is 0 Å². The van der Waals surface area contributed by atoms with Crippen LogP contribution in [0.25, 0.3) is 0 Å². The summed E-state index contributed by atoms with van der Waals surface area (Å²) in [5, 5.41) is 0. The van der Waals surface area contributed by atoms with Gasteiger partial charge in [-0.1, -0.05) is 18.7 Å². The molecule has 0 heterocycles. The van der Waals surface area contributed by atoms with Crippen LogP contribution in [0.1, 0.15) is 15.9 Å². The van der Waals surface area contributed by atoms with Crippen molar-refractivity contribution in [1.29, 1.82) is 0 Å². The summed E-state index contributed by atoms with van der Waals surface area (Å²) in [7, 11) is 0. The zero-order valence-corrected chi connectivity index (χ0v) is 9.28. The lowest BCUT2D eigenvalue weighted by atomic mass is 10.1. The Morgan fingerprint density at radius 2 is 2.00 bits per heavy atom. The summed E-state index contributed by atoms with van der Waals surface area (Å²) in [5.74, 6) is -0.474. The van der Waals surface area contributed by atoms with E-state index in [2.05, 4.69) is 6.58 Å². The fraction of sp³-hybridized carbons (Fsp3) is 0.182. The number of carbonyl (C=O) groups is 1. The third-order valence-corrected chi connectivity index (χ3v) is 2.63. The molecule has 5 heteroatoms. The fourth-order valence-corrected chi connectivity index (χ4v) is 1.39. The van der Waals surface area contributed by atoms with Gasteiger partial charge in [0.1, 0.15) is 0 Å². The monoisotopic (exact) mass is 246 g/mol. The van der Waals surface area contributed by atoms with E-state index in [1.807, 2.05) is 0 Å². The number of hydrogen-bond acceptors (Lipinski definition) is 2. The molecule has 1 nitrogen and oxygen atoms in total. The van der Waals surface area contributed by atoms with E-state index in [4.69, 9.17) is 0 Å². The van der Waals surface area contributed by atoms with E-state index in [9.17, 15) is 18.0 Å². The van der Waals surface area contributed by atoms with E-state index < -0.39 is 17.5 Å². The zero-order valence-electron chi connectivity index (χ0n) is 8.47. The van der Waals surface area contributed by atoms with Crippen molar-refractivity contribution in [1.82, 2.24) is 0 Å². The van der Waals surface area contributed by atoms with Crippen LogP contribution in [0.2, 0.25) is 0 Å². The first-order valence-corrected chi connectivity index (χ1v) is 5.53. The van der Waals surface area contributed by atoms with E-state index in [1.54, 1.807) is 6.26 Å². The van der Waals surface area contributed by atoms with Gasteiger partial charge in [-0.25, -0.2) is 0 Å². The predicted octanol–water partition coefficient (Wildman–Crippen LogP) is 3.76. The first-order valence-electron chi connectivity index (χ1n) is 4.31. The smallest absolute Gasteiger partial charge is 0.288 e. The average molecular weight is 246 g/mol. The minimum atomic E-state index is -4.43. The van der Waals surface area contributed by atoms with Crippen LogP contribution in [0, 0.1) is 0 Å². The maximum atomic E-state index is 12.4. The van der Waals surface area contributed by atoms with Crippen LogP contribution in [0.5, 0.6) is 0 Å². The highest BCUT2D eigenvalue weighted by Gasteiger charge is 2.30. The Morgan fingerprint density at radius 1 is 1.38 bits per heavy atom. The Balaban J connectivity index is 3.09. The van der Waals surface area contributed by atoms with Crippen molar-refractivity contribution < 1.29 is 18.0 Å². The standard InChI is InChI=1S/C11H9F3OS/c1-7(16-2)10(15)8-4-3-5-9(6-8)11(12,13)14/h3-6H,1H2,2H3. The van der Waals surface area contributed by atoms with Crippen LogP contribution < -0.4 is 0 Å². The van der Waals surface area contributed by atoms with E-state index in [0.29, 0.717) is 0 Å². The number of hydrogen-bond donors (Lipinski definition) is 0. The lowest BCUT2D eigenvalue weighted by molar-refractivity contribution is -0.137. The van der Waals surface area contributed by atoms with Gasteiger partial charge in [0.15, 0.2) is 5.78 Å².